The van der Waals surface area contributed by atoms with Gasteiger partial charge in [0.1, 0.15) is 12.6 Å². The summed E-state index contributed by atoms with van der Waals surface area (Å²) < 4.78 is 45.3. The van der Waals surface area contributed by atoms with Crippen molar-refractivity contribution >= 4 is 18.0 Å². The third-order valence-corrected chi connectivity index (χ3v) is 5.44. The zero-order chi connectivity index (χ0) is 24.9. The summed E-state index contributed by atoms with van der Waals surface area (Å²) in [5, 5.41) is 12.7. The Morgan fingerprint density at radius 2 is 1.62 bits per heavy atom. The number of carbonyl (C=O) groups excluding carboxylic acids is 2. The van der Waals surface area contributed by atoms with Crippen molar-refractivity contribution in [1.29, 1.82) is 0 Å². The number of alkyl carbamates (subject to hydrolysis) is 1. The first-order valence-corrected chi connectivity index (χ1v) is 10.3. The van der Waals surface area contributed by atoms with E-state index in [9.17, 15) is 27.6 Å². The fourth-order valence-corrected chi connectivity index (χ4v) is 3.78. The molecule has 2 atom stereocenters. The third kappa shape index (κ3) is 5.49. The molecule has 2 unspecified atom stereocenters. The normalized spacial score (nSPS) is 14.2. The van der Waals surface area contributed by atoms with Gasteiger partial charge in [-0.25, -0.2) is 9.59 Å². The molecule has 0 saturated carbocycles. The van der Waals surface area contributed by atoms with Crippen LogP contribution in [-0.2, 0) is 14.3 Å². The van der Waals surface area contributed by atoms with Gasteiger partial charge in [0, 0.05) is 18.9 Å². The van der Waals surface area contributed by atoms with E-state index in [0.717, 1.165) is 22.3 Å². The molecule has 3 N–H and O–H groups in total. The fourth-order valence-electron chi connectivity index (χ4n) is 3.78. The van der Waals surface area contributed by atoms with Gasteiger partial charge in [-0.3, -0.25) is 4.79 Å². The molecule has 0 bridgehead atoms. The van der Waals surface area contributed by atoms with Gasteiger partial charge in [-0.15, -0.1) is 12.3 Å². The first kappa shape index (κ1) is 24.6. The Balaban J connectivity index is 1.62. The molecule has 0 heterocycles. The van der Waals surface area contributed by atoms with Crippen molar-refractivity contribution < 1.29 is 37.4 Å². The molecule has 0 saturated heterocycles. The number of rotatable bonds is 8. The maximum atomic E-state index is 13.4. The number of halogens is 3. The largest absolute Gasteiger partial charge is 0.480 e. The lowest BCUT2D eigenvalue weighted by Gasteiger charge is -2.22. The minimum atomic E-state index is -5.04. The van der Waals surface area contributed by atoms with E-state index < -0.39 is 49.1 Å². The number of amides is 2. The van der Waals surface area contributed by atoms with Crippen LogP contribution in [0.5, 0.6) is 0 Å². The number of benzene rings is 2. The molecule has 0 aliphatic heterocycles. The predicted octanol–water partition coefficient (Wildman–Crippen LogP) is 3.30. The smallest absolute Gasteiger partial charge is 0.407 e. The van der Waals surface area contributed by atoms with Gasteiger partial charge in [-0.2, -0.15) is 13.2 Å². The quantitative estimate of drug-likeness (QED) is 0.510. The number of carboxylic acid groups (broad SMARTS) is 1. The van der Waals surface area contributed by atoms with Crippen molar-refractivity contribution in [1.82, 2.24) is 10.6 Å². The lowest BCUT2D eigenvalue weighted by molar-refractivity contribution is -0.182. The van der Waals surface area contributed by atoms with Crippen LogP contribution in [-0.4, -0.2) is 48.4 Å². The summed E-state index contributed by atoms with van der Waals surface area (Å²) >= 11 is 0. The number of ether oxygens (including phenoxy) is 1. The Labute approximate surface area is 193 Å². The van der Waals surface area contributed by atoms with E-state index in [2.05, 4.69) is 0 Å². The van der Waals surface area contributed by atoms with Crippen LogP contribution >= 0.6 is 0 Å². The maximum Gasteiger partial charge on any atom is 0.407 e. The summed E-state index contributed by atoms with van der Waals surface area (Å²) in [6, 6.07) is 13.4. The second-order valence-corrected chi connectivity index (χ2v) is 7.61. The van der Waals surface area contributed by atoms with Gasteiger partial charge < -0.3 is 20.5 Å². The molecule has 0 spiro atoms. The van der Waals surface area contributed by atoms with E-state index in [-0.39, 0.29) is 12.5 Å². The van der Waals surface area contributed by atoms with Gasteiger partial charge in [0.05, 0.1) is 0 Å². The number of carbonyl (C=O) groups is 3. The van der Waals surface area contributed by atoms with Gasteiger partial charge >= 0.3 is 18.2 Å². The van der Waals surface area contributed by atoms with E-state index in [1.54, 1.807) is 5.32 Å². The molecule has 1 aliphatic carbocycles. The predicted molar refractivity (Wildman–Crippen MR) is 116 cm³/mol. The molecule has 7 nitrogen and oxygen atoms in total. The van der Waals surface area contributed by atoms with Crippen molar-refractivity contribution in [2.24, 2.45) is 5.92 Å². The molecule has 3 rings (SSSR count). The topological polar surface area (TPSA) is 105 Å². The number of hydrogen-bond donors (Lipinski definition) is 3. The summed E-state index contributed by atoms with van der Waals surface area (Å²) in [5.74, 6) is -4.19. The SMILES string of the molecule is C#CCC(NC(=O)C(CNC(=O)OCC1c2ccccc2-c2ccccc21)C(F)(F)F)C(=O)O. The highest BCUT2D eigenvalue weighted by molar-refractivity contribution is 5.86. The molecule has 178 valence electrons. The van der Waals surface area contributed by atoms with Crippen molar-refractivity contribution in [2.75, 3.05) is 13.2 Å². The fraction of sp³-hybridized carbons (Fsp3) is 0.292. The standard InChI is InChI=1S/C24H21F3N2O5/c1-2-7-20(22(31)32)29-21(30)19(24(25,26)27)12-28-23(33)34-13-18-16-10-5-3-8-14(16)15-9-4-6-11-17(15)18/h1,3-6,8-11,18-20H,7,12-13H2,(H,28,33)(H,29,30)(H,31,32). The van der Waals surface area contributed by atoms with Crippen LogP contribution in [0.25, 0.3) is 11.1 Å². The number of alkyl halides is 3. The molecule has 2 amide bonds. The molecule has 2 aromatic carbocycles. The zero-order valence-corrected chi connectivity index (χ0v) is 17.8. The Bertz CT molecular complexity index is 1080. The number of nitrogens with one attached hydrogen (secondary N) is 2. The average molecular weight is 474 g/mol. The molecule has 34 heavy (non-hydrogen) atoms. The molecule has 0 aromatic heterocycles. The summed E-state index contributed by atoms with van der Waals surface area (Å²) in [7, 11) is 0. The summed E-state index contributed by atoms with van der Waals surface area (Å²) in [4.78, 5) is 35.3. The van der Waals surface area contributed by atoms with Crippen LogP contribution in [0.15, 0.2) is 48.5 Å². The number of terminal acetylenes is 1. The summed E-state index contributed by atoms with van der Waals surface area (Å²) in [6.07, 6.45) is -1.69. The van der Waals surface area contributed by atoms with Crippen LogP contribution in [0.3, 0.4) is 0 Å². The van der Waals surface area contributed by atoms with E-state index in [1.165, 1.54) is 0 Å². The van der Waals surface area contributed by atoms with Gasteiger partial charge in [-0.05, 0) is 22.3 Å². The summed E-state index contributed by atoms with van der Waals surface area (Å²) in [5.41, 5.74) is 3.83. The second kappa shape index (κ2) is 10.3. The minimum Gasteiger partial charge on any atom is -0.480 e. The minimum absolute atomic E-state index is 0.119. The molecule has 2 aromatic rings. The Morgan fingerprint density at radius 3 is 2.12 bits per heavy atom. The van der Waals surface area contributed by atoms with Crippen molar-refractivity contribution in [3.05, 3.63) is 59.7 Å². The van der Waals surface area contributed by atoms with Crippen LogP contribution < -0.4 is 10.6 Å². The second-order valence-electron chi connectivity index (χ2n) is 7.61. The van der Waals surface area contributed by atoms with E-state index in [1.807, 2.05) is 59.8 Å². The lowest BCUT2D eigenvalue weighted by atomic mass is 9.98. The Hall–Kier alpha value is -4.00. The number of aliphatic carboxylic acids is 1. The van der Waals surface area contributed by atoms with Gasteiger partial charge in [0.25, 0.3) is 0 Å². The average Bonchev–Trinajstić information content (AvgIpc) is 3.10. The van der Waals surface area contributed by atoms with Crippen LogP contribution in [0.1, 0.15) is 23.5 Å². The summed E-state index contributed by atoms with van der Waals surface area (Å²) in [6.45, 7) is -1.25. The van der Waals surface area contributed by atoms with Gasteiger partial charge in [-0.1, -0.05) is 48.5 Å². The molecule has 10 heteroatoms. The van der Waals surface area contributed by atoms with Crippen LogP contribution in [0, 0.1) is 18.3 Å². The van der Waals surface area contributed by atoms with Gasteiger partial charge in [0.15, 0.2) is 5.92 Å². The number of hydrogen-bond acceptors (Lipinski definition) is 4. The highest BCUT2D eigenvalue weighted by Gasteiger charge is 2.46. The van der Waals surface area contributed by atoms with E-state index >= 15 is 0 Å². The highest BCUT2D eigenvalue weighted by atomic mass is 19.4. The van der Waals surface area contributed by atoms with Gasteiger partial charge in [0.2, 0.25) is 5.91 Å². The lowest BCUT2D eigenvalue weighted by Crippen LogP contribution is -2.50. The van der Waals surface area contributed by atoms with E-state index in [4.69, 9.17) is 16.3 Å². The third-order valence-electron chi connectivity index (χ3n) is 5.44. The van der Waals surface area contributed by atoms with Crippen LogP contribution in [0.4, 0.5) is 18.0 Å². The first-order chi connectivity index (χ1) is 16.1. The number of carboxylic acids is 1. The maximum absolute atomic E-state index is 13.4. The molecule has 1 aliphatic rings. The molecular formula is C24H21F3N2O5. The van der Waals surface area contributed by atoms with E-state index in [0.29, 0.717) is 0 Å². The zero-order valence-electron chi connectivity index (χ0n) is 17.8. The Kier molecular flexibility index (Phi) is 7.46. The highest BCUT2D eigenvalue weighted by Crippen LogP contribution is 2.44. The molecule has 0 radical (unpaired) electrons. The van der Waals surface area contributed by atoms with Crippen molar-refractivity contribution in [3.8, 4) is 23.5 Å². The van der Waals surface area contributed by atoms with Crippen LogP contribution in [0.2, 0.25) is 0 Å². The van der Waals surface area contributed by atoms with Crippen molar-refractivity contribution in [3.63, 3.8) is 0 Å². The molecule has 0 fully saturated rings. The number of fused-ring (bicyclic) bond motifs is 3. The first-order valence-electron chi connectivity index (χ1n) is 10.3. The van der Waals surface area contributed by atoms with Crippen molar-refractivity contribution in [2.45, 2.75) is 24.6 Å². The Morgan fingerprint density at radius 1 is 1.06 bits per heavy atom. The monoisotopic (exact) mass is 474 g/mol. The molecular weight excluding hydrogens is 453 g/mol.